The van der Waals surface area contributed by atoms with Crippen LogP contribution in [0.2, 0.25) is 0 Å². The zero-order chi connectivity index (χ0) is 18.7. The number of sulfonamides is 1. The number of aryl methyl sites for hydroxylation is 1. The summed E-state index contributed by atoms with van der Waals surface area (Å²) in [6, 6.07) is 11.7. The van der Waals surface area contributed by atoms with Gasteiger partial charge < -0.3 is 10.1 Å². The van der Waals surface area contributed by atoms with E-state index in [0.29, 0.717) is 37.6 Å². The maximum Gasteiger partial charge on any atom is 0.255 e. The number of amides is 1. The van der Waals surface area contributed by atoms with Gasteiger partial charge in [0.1, 0.15) is 0 Å². The van der Waals surface area contributed by atoms with Crippen LogP contribution in [-0.2, 0) is 14.8 Å². The van der Waals surface area contributed by atoms with E-state index in [1.54, 1.807) is 36.4 Å². The van der Waals surface area contributed by atoms with Gasteiger partial charge in [-0.05, 0) is 48.9 Å². The number of nitrogens with zero attached hydrogens (tertiary/aromatic N) is 1. The molecular formula is C18H19BrN2O4S. The monoisotopic (exact) mass is 438 g/mol. The number of rotatable bonds is 4. The maximum atomic E-state index is 12.8. The van der Waals surface area contributed by atoms with E-state index >= 15 is 0 Å². The van der Waals surface area contributed by atoms with E-state index in [-0.39, 0.29) is 10.8 Å². The lowest BCUT2D eigenvalue weighted by atomic mass is 10.1. The minimum Gasteiger partial charge on any atom is -0.379 e. The number of nitrogens with one attached hydrogen (secondary N) is 1. The lowest BCUT2D eigenvalue weighted by molar-refractivity contribution is 0.0730. The molecule has 26 heavy (non-hydrogen) atoms. The molecule has 2 aromatic carbocycles. The first-order valence-corrected chi connectivity index (χ1v) is 10.4. The Hall–Kier alpha value is -1.74. The summed E-state index contributed by atoms with van der Waals surface area (Å²) in [6.45, 7) is 3.26. The summed E-state index contributed by atoms with van der Waals surface area (Å²) in [4.78, 5) is 12.6. The number of morpholine rings is 1. The van der Waals surface area contributed by atoms with Crippen molar-refractivity contribution >= 4 is 37.5 Å². The van der Waals surface area contributed by atoms with Gasteiger partial charge in [-0.15, -0.1) is 0 Å². The number of halogens is 1. The Labute approximate surface area is 161 Å². The molecule has 1 saturated heterocycles. The standard InChI is InChI=1S/C18H19BrN2O4S/c1-13-2-7-16(26(23,24)21-8-10-25-11-9-21)12-17(13)20-18(22)14-3-5-15(19)6-4-14/h2-7,12H,8-11H2,1H3,(H,20,22). The first kappa shape index (κ1) is 19.0. The number of benzene rings is 2. The molecule has 0 aliphatic carbocycles. The van der Waals surface area contributed by atoms with Gasteiger partial charge in [0.25, 0.3) is 5.91 Å². The molecule has 0 spiro atoms. The van der Waals surface area contributed by atoms with Crippen molar-refractivity contribution in [3.8, 4) is 0 Å². The third-order valence-electron chi connectivity index (χ3n) is 4.17. The lowest BCUT2D eigenvalue weighted by Gasteiger charge is -2.26. The lowest BCUT2D eigenvalue weighted by Crippen LogP contribution is -2.40. The van der Waals surface area contributed by atoms with Crippen LogP contribution in [0.5, 0.6) is 0 Å². The summed E-state index contributed by atoms with van der Waals surface area (Å²) >= 11 is 3.33. The molecule has 1 N–H and O–H groups in total. The van der Waals surface area contributed by atoms with Crippen molar-refractivity contribution < 1.29 is 17.9 Å². The molecule has 1 aliphatic heterocycles. The topological polar surface area (TPSA) is 75.7 Å². The van der Waals surface area contributed by atoms with Crippen LogP contribution in [0.3, 0.4) is 0 Å². The second kappa shape index (κ2) is 7.87. The Morgan fingerprint density at radius 2 is 1.77 bits per heavy atom. The molecule has 0 radical (unpaired) electrons. The molecule has 2 aromatic rings. The average molecular weight is 439 g/mol. The molecule has 6 nitrogen and oxygen atoms in total. The molecule has 8 heteroatoms. The van der Waals surface area contributed by atoms with Crippen molar-refractivity contribution in [2.75, 3.05) is 31.6 Å². The van der Waals surface area contributed by atoms with Gasteiger partial charge in [-0.25, -0.2) is 8.42 Å². The molecule has 3 rings (SSSR count). The van der Waals surface area contributed by atoms with E-state index in [2.05, 4.69) is 21.2 Å². The number of anilines is 1. The Morgan fingerprint density at radius 1 is 1.12 bits per heavy atom. The zero-order valence-corrected chi connectivity index (χ0v) is 16.6. The molecule has 1 fully saturated rings. The van der Waals surface area contributed by atoms with E-state index in [1.807, 2.05) is 6.92 Å². The van der Waals surface area contributed by atoms with Gasteiger partial charge >= 0.3 is 0 Å². The largest absolute Gasteiger partial charge is 0.379 e. The van der Waals surface area contributed by atoms with E-state index in [0.717, 1.165) is 10.0 Å². The van der Waals surface area contributed by atoms with Crippen LogP contribution in [0.4, 0.5) is 5.69 Å². The molecule has 0 unspecified atom stereocenters. The molecule has 0 aromatic heterocycles. The quantitative estimate of drug-likeness (QED) is 0.795. The van der Waals surface area contributed by atoms with Crippen molar-refractivity contribution in [1.82, 2.24) is 4.31 Å². The fourth-order valence-electron chi connectivity index (χ4n) is 2.63. The fourth-order valence-corrected chi connectivity index (χ4v) is 4.33. The summed E-state index contributed by atoms with van der Waals surface area (Å²) < 4.78 is 33.1. The van der Waals surface area contributed by atoms with Gasteiger partial charge in [-0.1, -0.05) is 22.0 Å². The van der Waals surface area contributed by atoms with Gasteiger partial charge in [0.15, 0.2) is 0 Å². The van der Waals surface area contributed by atoms with Crippen molar-refractivity contribution in [2.24, 2.45) is 0 Å². The van der Waals surface area contributed by atoms with Gasteiger partial charge in [0.2, 0.25) is 10.0 Å². The van der Waals surface area contributed by atoms with Crippen LogP contribution >= 0.6 is 15.9 Å². The summed E-state index contributed by atoms with van der Waals surface area (Å²) in [5.74, 6) is -0.290. The first-order chi connectivity index (χ1) is 12.4. The smallest absolute Gasteiger partial charge is 0.255 e. The van der Waals surface area contributed by atoms with Crippen molar-refractivity contribution in [3.63, 3.8) is 0 Å². The summed E-state index contributed by atoms with van der Waals surface area (Å²) in [6.07, 6.45) is 0. The fraction of sp³-hybridized carbons (Fsp3) is 0.278. The normalized spacial score (nSPS) is 15.6. The summed E-state index contributed by atoms with van der Waals surface area (Å²) in [7, 11) is -3.61. The van der Waals surface area contributed by atoms with Gasteiger partial charge in [0.05, 0.1) is 18.1 Å². The molecule has 1 amide bonds. The van der Waals surface area contributed by atoms with Crippen LogP contribution in [0, 0.1) is 6.92 Å². The minimum absolute atomic E-state index is 0.163. The van der Waals surface area contributed by atoms with Crippen LogP contribution in [0.15, 0.2) is 51.8 Å². The van der Waals surface area contributed by atoms with Crippen LogP contribution < -0.4 is 5.32 Å². The van der Waals surface area contributed by atoms with E-state index < -0.39 is 10.0 Å². The minimum atomic E-state index is -3.61. The Bertz CT molecular complexity index is 907. The number of hydrogen-bond donors (Lipinski definition) is 1. The summed E-state index contributed by atoms with van der Waals surface area (Å²) in [5.41, 5.74) is 1.76. The molecular weight excluding hydrogens is 420 g/mol. The van der Waals surface area contributed by atoms with E-state index in [1.165, 1.54) is 10.4 Å². The Balaban J connectivity index is 1.85. The highest BCUT2D eigenvalue weighted by Gasteiger charge is 2.26. The SMILES string of the molecule is Cc1ccc(S(=O)(=O)N2CCOCC2)cc1NC(=O)c1ccc(Br)cc1. The molecule has 1 aliphatic rings. The molecule has 0 saturated carbocycles. The third-order valence-corrected chi connectivity index (χ3v) is 6.59. The van der Waals surface area contributed by atoms with E-state index in [4.69, 9.17) is 4.74 Å². The molecule has 0 atom stereocenters. The summed E-state index contributed by atoms with van der Waals surface area (Å²) in [5, 5.41) is 2.80. The second-order valence-corrected chi connectivity index (χ2v) is 8.81. The van der Waals surface area contributed by atoms with Gasteiger partial charge in [-0.3, -0.25) is 4.79 Å². The van der Waals surface area contributed by atoms with Crippen molar-refractivity contribution in [3.05, 3.63) is 58.1 Å². The van der Waals surface area contributed by atoms with Gasteiger partial charge in [-0.2, -0.15) is 4.31 Å². The van der Waals surface area contributed by atoms with E-state index in [9.17, 15) is 13.2 Å². The predicted octanol–water partition coefficient (Wildman–Crippen LogP) is 3.03. The molecule has 138 valence electrons. The number of carbonyl (C=O) groups excluding carboxylic acids is 1. The number of ether oxygens (including phenoxy) is 1. The number of carbonyl (C=O) groups is 1. The molecule has 0 bridgehead atoms. The maximum absolute atomic E-state index is 12.8. The number of hydrogen-bond acceptors (Lipinski definition) is 4. The average Bonchev–Trinajstić information content (AvgIpc) is 2.64. The van der Waals surface area contributed by atoms with Crippen LogP contribution in [-0.4, -0.2) is 44.9 Å². The highest BCUT2D eigenvalue weighted by molar-refractivity contribution is 9.10. The highest BCUT2D eigenvalue weighted by atomic mass is 79.9. The Kier molecular flexibility index (Phi) is 5.76. The second-order valence-electron chi connectivity index (χ2n) is 5.95. The predicted molar refractivity (Wildman–Crippen MR) is 103 cm³/mol. The van der Waals surface area contributed by atoms with Crippen molar-refractivity contribution in [1.29, 1.82) is 0 Å². The first-order valence-electron chi connectivity index (χ1n) is 8.13. The zero-order valence-electron chi connectivity index (χ0n) is 14.2. The van der Waals surface area contributed by atoms with Crippen LogP contribution in [0.25, 0.3) is 0 Å². The van der Waals surface area contributed by atoms with Crippen molar-refractivity contribution in [2.45, 2.75) is 11.8 Å². The third kappa shape index (κ3) is 4.15. The molecule has 1 heterocycles. The van der Waals surface area contributed by atoms with Crippen LogP contribution in [0.1, 0.15) is 15.9 Å². The Morgan fingerprint density at radius 3 is 2.42 bits per heavy atom. The van der Waals surface area contributed by atoms with Gasteiger partial charge in [0, 0.05) is 28.8 Å². The highest BCUT2D eigenvalue weighted by Crippen LogP contribution is 2.24.